The fourth-order valence-corrected chi connectivity index (χ4v) is 6.35. The van der Waals surface area contributed by atoms with Gasteiger partial charge in [-0.1, -0.05) is 86.6 Å². The second kappa shape index (κ2) is 9.21. The Kier molecular flexibility index (Phi) is 5.33. The van der Waals surface area contributed by atoms with Crippen molar-refractivity contribution in [3.63, 3.8) is 0 Å². The summed E-state index contributed by atoms with van der Waals surface area (Å²) in [6.07, 6.45) is 3.98. The van der Waals surface area contributed by atoms with Crippen molar-refractivity contribution in [1.82, 2.24) is 14.1 Å². The van der Waals surface area contributed by atoms with E-state index in [1.165, 1.54) is 49.2 Å². The minimum absolute atomic E-state index is 0.403. The van der Waals surface area contributed by atoms with E-state index in [0.29, 0.717) is 5.92 Å². The zero-order chi connectivity index (χ0) is 27.5. The average Bonchev–Trinajstić information content (AvgIpc) is 3.54. The van der Waals surface area contributed by atoms with E-state index < -0.39 is 0 Å². The average molecular weight is 528 g/mol. The van der Waals surface area contributed by atoms with Crippen molar-refractivity contribution in [3.8, 4) is 22.5 Å². The Morgan fingerprint density at radius 1 is 0.463 bits per heavy atom. The number of para-hydroxylation sites is 4. The molecule has 0 radical (unpaired) electrons. The monoisotopic (exact) mass is 527 g/mol. The van der Waals surface area contributed by atoms with Crippen LogP contribution in [0, 0.1) is 0 Å². The van der Waals surface area contributed by atoms with E-state index in [4.69, 9.17) is 0 Å². The molecule has 3 heterocycles. The van der Waals surface area contributed by atoms with Crippen LogP contribution in [0.3, 0.4) is 0 Å². The van der Waals surface area contributed by atoms with Crippen LogP contribution in [0.5, 0.6) is 0 Å². The van der Waals surface area contributed by atoms with Gasteiger partial charge in [0.2, 0.25) is 0 Å². The summed E-state index contributed by atoms with van der Waals surface area (Å²) < 4.78 is 4.82. The van der Waals surface area contributed by atoms with Gasteiger partial charge in [0.05, 0.1) is 22.1 Å². The molecule has 0 saturated heterocycles. The number of hydrogen-bond donors (Lipinski definition) is 0. The molecule has 8 rings (SSSR count). The normalized spacial score (nSPS) is 11.9. The van der Waals surface area contributed by atoms with Gasteiger partial charge in [-0.2, -0.15) is 0 Å². The third-order valence-electron chi connectivity index (χ3n) is 8.34. The van der Waals surface area contributed by atoms with E-state index in [0.717, 1.165) is 22.5 Å². The van der Waals surface area contributed by atoms with E-state index in [1.54, 1.807) is 0 Å². The van der Waals surface area contributed by atoms with Crippen molar-refractivity contribution in [2.45, 2.75) is 19.8 Å². The van der Waals surface area contributed by atoms with E-state index in [9.17, 15) is 0 Å². The second-order valence-corrected chi connectivity index (χ2v) is 11.1. The summed E-state index contributed by atoms with van der Waals surface area (Å²) in [6.45, 7) is 4.44. The number of pyridine rings is 1. The Bertz CT molecular complexity index is 2010. The van der Waals surface area contributed by atoms with E-state index >= 15 is 0 Å². The first-order valence-electron chi connectivity index (χ1n) is 14.2. The summed E-state index contributed by atoms with van der Waals surface area (Å²) in [5.41, 5.74) is 10.6. The van der Waals surface area contributed by atoms with Crippen LogP contribution in [0.15, 0.2) is 134 Å². The first-order valence-corrected chi connectivity index (χ1v) is 14.2. The number of benzene rings is 5. The molecule has 41 heavy (non-hydrogen) atoms. The number of hydrogen-bond acceptors (Lipinski definition) is 1. The molecular formula is C38H29N3. The first kappa shape index (κ1) is 23.7. The highest BCUT2D eigenvalue weighted by atomic mass is 15.0. The molecule has 3 nitrogen and oxygen atoms in total. The van der Waals surface area contributed by atoms with Gasteiger partial charge in [-0.25, -0.2) is 0 Å². The molecule has 0 bridgehead atoms. The molecule has 3 aromatic heterocycles. The summed E-state index contributed by atoms with van der Waals surface area (Å²) in [7, 11) is 0. The molecule has 196 valence electrons. The molecule has 0 unspecified atom stereocenters. The summed E-state index contributed by atoms with van der Waals surface area (Å²) in [6, 6.07) is 44.1. The van der Waals surface area contributed by atoms with Gasteiger partial charge in [0.15, 0.2) is 0 Å². The number of nitrogens with zero attached hydrogens (tertiary/aromatic N) is 3. The maximum Gasteiger partial charge on any atom is 0.0541 e. The predicted octanol–water partition coefficient (Wildman–Crippen LogP) is 10.1. The summed E-state index contributed by atoms with van der Waals surface area (Å²) >= 11 is 0. The van der Waals surface area contributed by atoms with Gasteiger partial charge in [0.25, 0.3) is 0 Å². The van der Waals surface area contributed by atoms with Crippen molar-refractivity contribution in [3.05, 3.63) is 139 Å². The standard InChI is InChI=1S/C38H29N3/c1-25(2)27-19-28(24-39-23-27)26-20-29(40-35-15-7-3-11-31(35)32-12-4-8-16-36(32)40)22-30(21-26)41-37-17-9-5-13-33(37)34-14-6-10-18-38(34)41/h3-25H,1-2H3. The SMILES string of the molecule is CC(C)c1cncc(-c2cc(-n3c4ccccc4c4ccccc43)cc(-n3c4ccccc4c4ccccc43)c2)c1. The zero-order valence-electron chi connectivity index (χ0n) is 23.1. The van der Waals surface area contributed by atoms with Gasteiger partial charge < -0.3 is 9.13 Å². The lowest BCUT2D eigenvalue weighted by Crippen LogP contribution is -2.00. The summed E-state index contributed by atoms with van der Waals surface area (Å²) in [5.74, 6) is 0.403. The maximum absolute atomic E-state index is 4.65. The minimum Gasteiger partial charge on any atom is -0.309 e. The topological polar surface area (TPSA) is 22.8 Å². The van der Waals surface area contributed by atoms with Crippen molar-refractivity contribution >= 4 is 43.6 Å². The van der Waals surface area contributed by atoms with E-state index in [2.05, 4.69) is 149 Å². The molecule has 3 heteroatoms. The van der Waals surface area contributed by atoms with Crippen molar-refractivity contribution in [2.75, 3.05) is 0 Å². The lowest BCUT2D eigenvalue weighted by molar-refractivity contribution is 0.859. The molecule has 0 fully saturated rings. The lowest BCUT2D eigenvalue weighted by Gasteiger charge is -2.16. The summed E-state index contributed by atoms with van der Waals surface area (Å²) in [4.78, 5) is 4.65. The molecule has 0 spiro atoms. The molecule has 5 aromatic carbocycles. The quantitative estimate of drug-likeness (QED) is 0.223. The third kappa shape index (κ3) is 3.70. The van der Waals surface area contributed by atoms with Crippen LogP contribution in [0.1, 0.15) is 25.3 Å². The van der Waals surface area contributed by atoms with E-state index in [1.807, 2.05) is 12.4 Å². The Morgan fingerprint density at radius 2 is 0.878 bits per heavy atom. The van der Waals surface area contributed by atoms with Crippen molar-refractivity contribution in [2.24, 2.45) is 0 Å². The molecule has 0 aliphatic carbocycles. The Morgan fingerprint density at radius 3 is 1.29 bits per heavy atom. The van der Waals surface area contributed by atoms with Gasteiger partial charge in [-0.3, -0.25) is 4.98 Å². The molecule has 0 atom stereocenters. The summed E-state index contributed by atoms with van der Waals surface area (Å²) in [5, 5.41) is 5.04. The maximum atomic E-state index is 4.65. The fraction of sp³-hybridized carbons (Fsp3) is 0.0789. The van der Waals surface area contributed by atoms with Crippen LogP contribution in [-0.4, -0.2) is 14.1 Å². The Hall–Kier alpha value is -5.15. The molecular weight excluding hydrogens is 498 g/mol. The molecule has 0 N–H and O–H groups in total. The molecule has 0 aliphatic heterocycles. The Labute approximate surface area is 238 Å². The van der Waals surface area contributed by atoms with Crippen molar-refractivity contribution in [1.29, 1.82) is 0 Å². The Balaban J connectivity index is 1.49. The number of fused-ring (bicyclic) bond motifs is 6. The third-order valence-corrected chi connectivity index (χ3v) is 8.34. The zero-order valence-corrected chi connectivity index (χ0v) is 23.1. The van der Waals surface area contributed by atoms with Crippen molar-refractivity contribution < 1.29 is 0 Å². The van der Waals surface area contributed by atoms with Crippen LogP contribution in [0.25, 0.3) is 66.1 Å². The van der Waals surface area contributed by atoms with Crippen LogP contribution < -0.4 is 0 Å². The van der Waals surface area contributed by atoms with Gasteiger partial charge in [0, 0.05) is 50.9 Å². The van der Waals surface area contributed by atoms with E-state index in [-0.39, 0.29) is 0 Å². The molecule has 0 aliphatic rings. The van der Waals surface area contributed by atoms with Gasteiger partial charge >= 0.3 is 0 Å². The first-order chi connectivity index (χ1) is 20.2. The highest BCUT2D eigenvalue weighted by Crippen LogP contribution is 2.37. The van der Waals surface area contributed by atoms with Gasteiger partial charge in [-0.15, -0.1) is 0 Å². The van der Waals surface area contributed by atoms with Crippen LogP contribution in [-0.2, 0) is 0 Å². The minimum atomic E-state index is 0.403. The highest BCUT2D eigenvalue weighted by Gasteiger charge is 2.17. The molecule has 8 aromatic rings. The predicted molar refractivity (Wildman–Crippen MR) is 172 cm³/mol. The smallest absolute Gasteiger partial charge is 0.0541 e. The second-order valence-electron chi connectivity index (χ2n) is 11.1. The molecule has 0 amide bonds. The van der Waals surface area contributed by atoms with Crippen LogP contribution in [0.4, 0.5) is 0 Å². The number of rotatable bonds is 4. The lowest BCUT2D eigenvalue weighted by atomic mass is 9.99. The number of aromatic nitrogens is 3. The van der Waals surface area contributed by atoms with Gasteiger partial charge in [0.1, 0.15) is 0 Å². The largest absolute Gasteiger partial charge is 0.309 e. The molecule has 0 saturated carbocycles. The highest BCUT2D eigenvalue weighted by molar-refractivity contribution is 6.10. The van der Waals surface area contributed by atoms with Crippen LogP contribution in [0.2, 0.25) is 0 Å². The fourth-order valence-electron chi connectivity index (χ4n) is 6.35. The van der Waals surface area contributed by atoms with Crippen LogP contribution >= 0.6 is 0 Å². The van der Waals surface area contributed by atoms with Gasteiger partial charge in [-0.05, 0) is 65.6 Å².